The molecule has 3 unspecified atom stereocenters. The third kappa shape index (κ3) is 1.37. The van der Waals surface area contributed by atoms with E-state index in [1.165, 1.54) is 37.2 Å². The molecule has 1 N–H and O–H groups in total. The summed E-state index contributed by atoms with van der Waals surface area (Å²) in [6.07, 6.45) is 7.30. The Balaban J connectivity index is 1.72. The maximum absolute atomic E-state index is 3.74. The smallest absolute Gasteiger partial charge is 0.0522 e. The van der Waals surface area contributed by atoms with Crippen LogP contribution < -0.4 is 5.32 Å². The highest BCUT2D eigenvalue weighted by molar-refractivity contribution is 5.60. The number of nitrogens with zero attached hydrogens (tertiary/aromatic N) is 1. The van der Waals surface area contributed by atoms with E-state index in [1.807, 2.05) is 0 Å². The molecule has 4 rings (SSSR count). The minimum Gasteiger partial charge on any atom is -0.380 e. The van der Waals surface area contributed by atoms with Gasteiger partial charge in [0.05, 0.1) is 6.04 Å². The minimum atomic E-state index is 0.595. The molecule has 1 aromatic rings. The fourth-order valence-electron chi connectivity index (χ4n) is 3.74. The maximum atomic E-state index is 3.74. The van der Waals surface area contributed by atoms with Gasteiger partial charge in [0.25, 0.3) is 0 Å². The van der Waals surface area contributed by atoms with Crippen LogP contribution in [0, 0.1) is 0 Å². The monoisotopic (exact) mass is 226 g/mol. The minimum absolute atomic E-state index is 0.595. The van der Waals surface area contributed by atoms with E-state index in [2.05, 4.69) is 46.6 Å². The van der Waals surface area contributed by atoms with Gasteiger partial charge in [0, 0.05) is 24.2 Å². The van der Waals surface area contributed by atoms with Gasteiger partial charge in [0.15, 0.2) is 0 Å². The summed E-state index contributed by atoms with van der Waals surface area (Å²) >= 11 is 0. The zero-order valence-corrected chi connectivity index (χ0v) is 9.97. The predicted molar refractivity (Wildman–Crippen MR) is 70.3 cm³/mol. The lowest BCUT2D eigenvalue weighted by molar-refractivity contribution is 0.151. The van der Waals surface area contributed by atoms with Crippen LogP contribution in [0.5, 0.6) is 0 Å². The normalized spacial score (nSPS) is 34.7. The van der Waals surface area contributed by atoms with Crippen LogP contribution in [0.4, 0.5) is 5.69 Å². The molecule has 88 valence electrons. The average Bonchev–Trinajstić information content (AvgIpc) is 2.78. The fourth-order valence-corrected chi connectivity index (χ4v) is 3.74. The zero-order chi connectivity index (χ0) is 11.2. The van der Waals surface area contributed by atoms with Crippen LogP contribution in [0.1, 0.15) is 24.3 Å². The molecule has 0 aromatic heterocycles. The van der Waals surface area contributed by atoms with Crippen molar-refractivity contribution in [3.8, 4) is 0 Å². The lowest BCUT2D eigenvalue weighted by atomic mass is 9.82. The third-order valence-corrected chi connectivity index (χ3v) is 4.55. The van der Waals surface area contributed by atoms with Crippen LogP contribution in [-0.2, 0) is 0 Å². The number of piperidine rings is 1. The highest BCUT2D eigenvalue weighted by Crippen LogP contribution is 2.43. The first kappa shape index (κ1) is 9.72. The Kier molecular flexibility index (Phi) is 2.06. The van der Waals surface area contributed by atoms with E-state index in [9.17, 15) is 0 Å². The summed E-state index contributed by atoms with van der Waals surface area (Å²) in [5.41, 5.74) is 2.90. The van der Waals surface area contributed by atoms with Crippen LogP contribution in [0.2, 0.25) is 0 Å². The molecule has 3 atom stereocenters. The molecule has 3 heterocycles. The fraction of sp³-hybridized carbons (Fsp3) is 0.467. The van der Waals surface area contributed by atoms with Crippen molar-refractivity contribution in [2.45, 2.75) is 30.8 Å². The second-order valence-corrected chi connectivity index (χ2v) is 5.40. The number of fused-ring (bicyclic) bond motifs is 5. The Morgan fingerprint density at radius 3 is 3.12 bits per heavy atom. The molecule has 1 saturated heterocycles. The average molecular weight is 226 g/mol. The molecular weight excluding hydrogens is 208 g/mol. The number of nitrogens with one attached hydrogen (secondary N) is 1. The second kappa shape index (κ2) is 3.61. The van der Waals surface area contributed by atoms with Crippen molar-refractivity contribution in [2.75, 3.05) is 18.4 Å². The summed E-state index contributed by atoms with van der Waals surface area (Å²) in [5, 5.41) is 3.74. The number of hydrogen-bond acceptors (Lipinski definition) is 2. The maximum Gasteiger partial charge on any atom is 0.0522 e. The molecule has 1 fully saturated rings. The van der Waals surface area contributed by atoms with Gasteiger partial charge < -0.3 is 5.32 Å². The number of anilines is 1. The molecule has 0 radical (unpaired) electrons. The summed E-state index contributed by atoms with van der Waals surface area (Å²) in [7, 11) is 0. The largest absolute Gasteiger partial charge is 0.380 e. The van der Waals surface area contributed by atoms with Crippen LogP contribution in [0.3, 0.4) is 0 Å². The van der Waals surface area contributed by atoms with Gasteiger partial charge in [0.1, 0.15) is 0 Å². The Morgan fingerprint density at radius 2 is 2.12 bits per heavy atom. The van der Waals surface area contributed by atoms with Crippen molar-refractivity contribution < 1.29 is 0 Å². The molecular formula is C15H18N2. The van der Waals surface area contributed by atoms with E-state index in [4.69, 9.17) is 0 Å². The molecule has 0 saturated carbocycles. The van der Waals surface area contributed by atoms with E-state index in [-0.39, 0.29) is 0 Å². The van der Waals surface area contributed by atoms with Crippen molar-refractivity contribution in [3.63, 3.8) is 0 Å². The Hall–Kier alpha value is -1.28. The topological polar surface area (TPSA) is 15.3 Å². The summed E-state index contributed by atoms with van der Waals surface area (Å²) < 4.78 is 0. The lowest BCUT2D eigenvalue weighted by Crippen LogP contribution is -2.52. The van der Waals surface area contributed by atoms with E-state index >= 15 is 0 Å². The van der Waals surface area contributed by atoms with Crippen molar-refractivity contribution in [3.05, 3.63) is 42.0 Å². The van der Waals surface area contributed by atoms with Gasteiger partial charge in [-0.1, -0.05) is 30.4 Å². The Labute approximate surface area is 102 Å². The van der Waals surface area contributed by atoms with Crippen molar-refractivity contribution in [1.82, 2.24) is 4.90 Å². The van der Waals surface area contributed by atoms with Crippen molar-refractivity contribution >= 4 is 5.69 Å². The van der Waals surface area contributed by atoms with E-state index < -0.39 is 0 Å². The number of para-hydroxylation sites is 1. The SMILES string of the molecule is C1=CC2C3Nc4ccccc4C3CCN2CC1. The number of rotatable bonds is 0. The van der Waals surface area contributed by atoms with Crippen LogP contribution >= 0.6 is 0 Å². The molecule has 2 nitrogen and oxygen atoms in total. The van der Waals surface area contributed by atoms with Gasteiger partial charge in [-0.2, -0.15) is 0 Å². The molecule has 0 bridgehead atoms. The number of benzene rings is 1. The van der Waals surface area contributed by atoms with E-state index in [0.717, 1.165) is 5.92 Å². The summed E-state index contributed by atoms with van der Waals surface area (Å²) in [6.45, 7) is 2.49. The summed E-state index contributed by atoms with van der Waals surface area (Å²) in [5.74, 6) is 0.718. The van der Waals surface area contributed by atoms with Gasteiger partial charge in [-0.05, 0) is 31.0 Å². The highest BCUT2D eigenvalue weighted by atomic mass is 15.2. The number of hydrogen-bond donors (Lipinski definition) is 1. The Bertz CT molecular complexity index is 466. The van der Waals surface area contributed by atoms with Gasteiger partial charge >= 0.3 is 0 Å². The van der Waals surface area contributed by atoms with Crippen molar-refractivity contribution in [2.24, 2.45) is 0 Å². The Morgan fingerprint density at radius 1 is 1.18 bits per heavy atom. The molecule has 17 heavy (non-hydrogen) atoms. The molecule has 0 aliphatic carbocycles. The zero-order valence-electron chi connectivity index (χ0n) is 9.97. The second-order valence-electron chi connectivity index (χ2n) is 5.40. The van der Waals surface area contributed by atoms with Crippen LogP contribution in [0.25, 0.3) is 0 Å². The first-order chi connectivity index (χ1) is 8.43. The lowest BCUT2D eigenvalue weighted by Gasteiger charge is -2.43. The van der Waals surface area contributed by atoms with E-state index in [0.29, 0.717) is 12.1 Å². The summed E-state index contributed by atoms with van der Waals surface area (Å²) in [4.78, 5) is 2.64. The predicted octanol–water partition coefficient (Wildman–Crippen LogP) is 2.60. The van der Waals surface area contributed by atoms with Crippen LogP contribution in [0.15, 0.2) is 36.4 Å². The molecule has 0 amide bonds. The highest BCUT2D eigenvalue weighted by Gasteiger charge is 2.42. The van der Waals surface area contributed by atoms with Crippen LogP contribution in [-0.4, -0.2) is 30.1 Å². The van der Waals surface area contributed by atoms with Crippen molar-refractivity contribution in [1.29, 1.82) is 0 Å². The quantitative estimate of drug-likeness (QED) is 0.684. The molecule has 0 spiro atoms. The standard InChI is InChI=1S/C15H18N2/c1-2-6-13-11(5-1)12-8-10-17-9-4-3-7-14(17)15(12)16-13/h1-3,5-7,12,14-16H,4,8-10H2. The third-order valence-electron chi connectivity index (χ3n) is 4.55. The molecule has 3 aliphatic heterocycles. The first-order valence-corrected chi connectivity index (χ1v) is 6.70. The molecule has 3 aliphatic rings. The van der Waals surface area contributed by atoms with Gasteiger partial charge in [-0.25, -0.2) is 0 Å². The summed E-state index contributed by atoms with van der Waals surface area (Å²) in [6, 6.07) is 10.0. The van der Waals surface area contributed by atoms with E-state index in [1.54, 1.807) is 0 Å². The van der Waals surface area contributed by atoms with Gasteiger partial charge in [-0.3, -0.25) is 4.90 Å². The molecule has 1 aromatic carbocycles. The first-order valence-electron chi connectivity index (χ1n) is 6.70. The molecule has 2 heteroatoms. The van der Waals surface area contributed by atoms with Gasteiger partial charge in [-0.15, -0.1) is 0 Å². The van der Waals surface area contributed by atoms with Gasteiger partial charge in [0.2, 0.25) is 0 Å².